The molecular weight excluding hydrogens is 592 g/mol. The van der Waals surface area contributed by atoms with E-state index < -0.39 is 0 Å². The molecule has 0 atom stereocenters. The van der Waals surface area contributed by atoms with Gasteiger partial charge in [0.2, 0.25) is 0 Å². The van der Waals surface area contributed by atoms with Crippen molar-refractivity contribution >= 4 is 64.6 Å². The van der Waals surface area contributed by atoms with Crippen LogP contribution in [-0.2, 0) is 0 Å². The van der Waals surface area contributed by atoms with Crippen molar-refractivity contribution in [2.45, 2.75) is 39.9 Å². The third kappa shape index (κ3) is 7.75. The van der Waals surface area contributed by atoms with Gasteiger partial charge in [-0.3, -0.25) is 0 Å². The summed E-state index contributed by atoms with van der Waals surface area (Å²) in [6, 6.07) is 48.7. The largest absolute Gasteiger partial charge is 0.507 e. The smallest absolute Gasteiger partial charge is 0.123 e. The van der Waals surface area contributed by atoms with Gasteiger partial charge in [0, 0.05) is 33.8 Å². The van der Waals surface area contributed by atoms with E-state index in [1.54, 1.807) is 39.8 Å². The lowest BCUT2D eigenvalue weighted by Crippen LogP contribution is -1.85. The fourth-order valence-corrected chi connectivity index (χ4v) is 5.82. The van der Waals surface area contributed by atoms with E-state index in [4.69, 9.17) is 10.2 Å². The highest BCUT2D eigenvalue weighted by Gasteiger charge is 2.10. The molecule has 9 aromatic rings. The minimum absolute atomic E-state index is 0.167. The number of hydrogen-bond donors (Lipinski definition) is 4. The lowest BCUT2D eigenvalue weighted by Gasteiger charge is -2.11. The van der Waals surface area contributed by atoms with Gasteiger partial charge in [0.05, 0.1) is 0 Å². The number of phenols is 2. The Bertz CT molecular complexity index is 2130. The Labute approximate surface area is 281 Å². The Balaban J connectivity index is 0.000000136. The summed E-state index contributed by atoms with van der Waals surface area (Å²) in [4.78, 5) is 0. The van der Waals surface area contributed by atoms with Crippen LogP contribution in [0.15, 0.2) is 146 Å². The normalized spacial score (nSPS) is 10.8. The van der Waals surface area contributed by atoms with E-state index in [9.17, 15) is 10.2 Å². The number of aliphatic hydroxyl groups is 2. The van der Waals surface area contributed by atoms with Crippen molar-refractivity contribution in [1.29, 1.82) is 0 Å². The molecule has 0 spiro atoms. The van der Waals surface area contributed by atoms with Crippen molar-refractivity contribution in [1.82, 2.24) is 0 Å². The first-order chi connectivity index (χ1) is 23.2. The molecule has 4 heteroatoms. The van der Waals surface area contributed by atoms with Crippen LogP contribution >= 0.6 is 0 Å². The fourth-order valence-electron chi connectivity index (χ4n) is 5.82. The van der Waals surface area contributed by atoms with Gasteiger partial charge in [-0.1, -0.05) is 133 Å². The van der Waals surface area contributed by atoms with Crippen molar-refractivity contribution < 1.29 is 20.4 Å². The highest BCUT2D eigenvalue weighted by molar-refractivity contribution is 6.25. The van der Waals surface area contributed by atoms with Crippen LogP contribution < -0.4 is 0 Å². The molecule has 0 aliphatic rings. The SMILES string of the molecule is CC(C)O.CC(C)O.Oc1ccc2ccc3cccc4ccc1c2c34.Oc1ccc2ccc3cccc4ccc1c2c34.c1ccccc1. The Hall–Kier alpha value is -5.42. The van der Waals surface area contributed by atoms with Crippen LogP contribution in [-0.4, -0.2) is 32.6 Å². The molecule has 242 valence electrons. The van der Waals surface area contributed by atoms with Crippen molar-refractivity contribution in [3.63, 3.8) is 0 Å². The molecule has 0 amide bonds. The van der Waals surface area contributed by atoms with E-state index in [0.29, 0.717) is 11.5 Å². The number of rotatable bonds is 0. The molecule has 48 heavy (non-hydrogen) atoms. The molecule has 0 aliphatic carbocycles. The van der Waals surface area contributed by atoms with E-state index in [1.165, 1.54) is 53.9 Å². The molecule has 0 radical (unpaired) electrons. The summed E-state index contributed by atoms with van der Waals surface area (Å²) in [5, 5.41) is 50.0. The monoisotopic (exact) mass is 634 g/mol. The molecule has 0 aliphatic heterocycles. The average Bonchev–Trinajstić information content (AvgIpc) is 3.09. The van der Waals surface area contributed by atoms with Crippen LogP contribution in [0.25, 0.3) is 64.6 Å². The van der Waals surface area contributed by atoms with Gasteiger partial charge < -0.3 is 20.4 Å². The molecule has 4 N–H and O–H groups in total. The van der Waals surface area contributed by atoms with Crippen LogP contribution in [0.3, 0.4) is 0 Å². The van der Waals surface area contributed by atoms with Crippen molar-refractivity contribution in [2.75, 3.05) is 0 Å². The van der Waals surface area contributed by atoms with Crippen molar-refractivity contribution in [2.24, 2.45) is 0 Å². The van der Waals surface area contributed by atoms with Gasteiger partial charge in [0.1, 0.15) is 11.5 Å². The van der Waals surface area contributed by atoms with Gasteiger partial charge in [-0.05, 0) is 82.9 Å². The first-order valence-electron chi connectivity index (χ1n) is 16.2. The second kappa shape index (κ2) is 15.4. The molecule has 9 rings (SSSR count). The van der Waals surface area contributed by atoms with Gasteiger partial charge in [-0.25, -0.2) is 0 Å². The molecule has 0 fully saturated rings. The molecule has 0 aromatic heterocycles. The highest BCUT2D eigenvalue weighted by atomic mass is 16.3. The van der Waals surface area contributed by atoms with Crippen LogP contribution in [0.2, 0.25) is 0 Å². The molecule has 0 saturated heterocycles. The predicted molar refractivity (Wildman–Crippen MR) is 205 cm³/mol. The third-order valence-electron chi connectivity index (χ3n) is 7.68. The molecule has 4 nitrogen and oxygen atoms in total. The van der Waals surface area contributed by atoms with Crippen molar-refractivity contribution in [3.05, 3.63) is 146 Å². The quantitative estimate of drug-likeness (QED) is 0.125. The number of phenolic OH excluding ortho intramolecular Hbond substituents is 2. The Kier molecular flexibility index (Phi) is 10.9. The maximum Gasteiger partial charge on any atom is 0.123 e. The van der Waals surface area contributed by atoms with Gasteiger partial charge >= 0.3 is 0 Å². The Morgan fingerprint density at radius 1 is 0.312 bits per heavy atom. The van der Waals surface area contributed by atoms with Crippen LogP contribution in [0.5, 0.6) is 11.5 Å². The summed E-state index contributed by atoms with van der Waals surface area (Å²) in [5.74, 6) is 0.714. The lowest BCUT2D eigenvalue weighted by molar-refractivity contribution is 0.215. The highest BCUT2D eigenvalue weighted by Crippen LogP contribution is 2.39. The van der Waals surface area contributed by atoms with E-state index in [0.717, 1.165) is 10.8 Å². The van der Waals surface area contributed by atoms with Gasteiger partial charge in [0.15, 0.2) is 0 Å². The van der Waals surface area contributed by atoms with E-state index in [-0.39, 0.29) is 12.2 Å². The number of hydrogen-bond acceptors (Lipinski definition) is 4. The summed E-state index contributed by atoms with van der Waals surface area (Å²) in [7, 11) is 0. The Morgan fingerprint density at radius 2 is 0.542 bits per heavy atom. The van der Waals surface area contributed by atoms with E-state index in [2.05, 4.69) is 72.8 Å². The Morgan fingerprint density at radius 3 is 0.833 bits per heavy atom. The van der Waals surface area contributed by atoms with E-state index in [1.807, 2.05) is 60.7 Å². The van der Waals surface area contributed by atoms with Gasteiger partial charge in [-0.15, -0.1) is 0 Å². The molecular formula is C44H42O4. The predicted octanol–water partition coefficient (Wildman–Crippen LogP) is 11.0. The first kappa shape index (κ1) is 33.9. The summed E-state index contributed by atoms with van der Waals surface area (Å²) < 4.78 is 0. The second-order valence-corrected chi connectivity index (χ2v) is 12.2. The summed E-state index contributed by atoms with van der Waals surface area (Å²) >= 11 is 0. The van der Waals surface area contributed by atoms with Crippen LogP contribution in [0.1, 0.15) is 27.7 Å². The average molecular weight is 635 g/mol. The third-order valence-corrected chi connectivity index (χ3v) is 7.68. The maximum atomic E-state index is 9.95. The molecule has 9 aromatic carbocycles. The number of benzene rings is 9. The zero-order valence-electron chi connectivity index (χ0n) is 27.8. The summed E-state index contributed by atoms with van der Waals surface area (Å²) in [5.41, 5.74) is 0. The van der Waals surface area contributed by atoms with Crippen LogP contribution in [0, 0.1) is 0 Å². The minimum Gasteiger partial charge on any atom is -0.507 e. The molecule has 0 saturated carbocycles. The van der Waals surface area contributed by atoms with Crippen LogP contribution in [0.4, 0.5) is 0 Å². The number of aromatic hydroxyl groups is 2. The van der Waals surface area contributed by atoms with Crippen molar-refractivity contribution in [3.8, 4) is 11.5 Å². The van der Waals surface area contributed by atoms with Gasteiger partial charge in [-0.2, -0.15) is 0 Å². The van der Waals surface area contributed by atoms with Gasteiger partial charge in [0.25, 0.3) is 0 Å². The maximum absolute atomic E-state index is 9.95. The molecule has 0 heterocycles. The summed E-state index contributed by atoms with van der Waals surface area (Å²) in [6.07, 6.45) is -0.333. The first-order valence-corrected chi connectivity index (χ1v) is 16.2. The standard InChI is InChI=1S/2C16H10O.C6H6.2C3H8O/c2*17-14-9-7-12-5-4-10-2-1-3-11-6-8-13(14)16(12)15(10)11;1-2-4-6-5-3-1;2*1-3(2)4/h2*1-9,17H;1-6H;2*3-4H,1-2H3. The fraction of sp³-hybridized carbons (Fsp3) is 0.136. The lowest BCUT2D eigenvalue weighted by atomic mass is 9.94. The molecule has 0 unspecified atom stereocenters. The summed E-state index contributed by atoms with van der Waals surface area (Å²) in [6.45, 7) is 6.89. The zero-order chi connectivity index (χ0) is 34.2. The zero-order valence-corrected chi connectivity index (χ0v) is 27.8. The number of aliphatic hydroxyl groups excluding tert-OH is 2. The second-order valence-electron chi connectivity index (χ2n) is 12.2. The molecule has 0 bridgehead atoms. The topological polar surface area (TPSA) is 80.9 Å². The van der Waals surface area contributed by atoms with E-state index >= 15 is 0 Å². The minimum atomic E-state index is -0.167.